The van der Waals surface area contributed by atoms with Crippen molar-refractivity contribution in [2.24, 2.45) is 0 Å². The third-order valence-corrected chi connectivity index (χ3v) is 5.50. The van der Waals surface area contributed by atoms with Crippen molar-refractivity contribution >= 4 is 5.65 Å². The summed E-state index contributed by atoms with van der Waals surface area (Å²) >= 11 is 0. The van der Waals surface area contributed by atoms with Crippen LogP contribution in [-0.2, 0) is 6.54 Å². The number of hydrogen-bond acceptors (Lipinski definition) is 3. The number of nitrogens with one attached hydrogen (secondary N) is 2. The summed E-state index contributed by atoms with van der Waals surface area (Å²) in [5.74, 6) is 0.940. The summed E-state index contributed by atoms with van der Waals surface area (Å²) in [5, 5.41) is 0. The van der Waals surface area contributed by atoms with Crippen molar-refractivity contribution in [1.82, 2.24) is 9.38 Å². The first-order chi connectivity index (χ1) is 13.7. The van der Waals surface area contributed by atoms with Crippen LogP contribution in [-0.4, -0.2) is 48.7 Å². The Hall–Kier alpha value is -2.70. The molecule has 0 unspecified atom stereocenters. The van der Waals surface area contributed by atoms with Gasteiger partial charge >= 0.3 is 0 Å². The van der Waals surface area contributed by atoms with Gasteiger partial charge in [0.25, 0.3) is 5.56 Å². The van der Waals surface area contributed by atoms with Crippen molar-refractivity contribution in [3.63, 3.8) is 0 Å². The van der Waals surface area contributed by atoms with E-state index in [9.17, 15) is 4.79 Å². The lowest BCUT2D eigenvalue weighted by atomic mass is 10.2. The van der Waals surface area contributed by atoms with E-state index in [2.05, 4.69) is 0 Å². The first-order valence-electron chi connectivity index (χ1n) is 10.0. The molecule has 0 saturated carbocycles. The summed E-state index contributed by atoms with van der Waals surface area (Å²) in [6.07, 6.45) is 0. The Bertz CT molecular complexity index is 979. The van der Waals surface area contributed by atoms with Crippen molar-refractivity contribution in [3.05, 3.63) is 76.3 Å². The van der Waals surface area contributed by atoms with Gasteiger partial charge in [-0.15, -0.1) is 0 Å². The molecule has 4 rings (SSSR count). The first-order valence-corrected chi connectivity index (χ1v) is 10.0. The highest BCUT2D eigenvalue weighted by atomic mass is 16.5. The SMILES string of the molecule is Cc1cccc2nc(C[NH+]3CC[NH+](CCOc4ccccc4)CC3)cc(=O)n12. The van der Waals surface area contributed by atoms with Gasteiger partial charge in [0.2, 0.25) is 0 Å². The van der Waals surface area contributed by atoms with Crippen LogP contribution in [0.4, 0.5) is 0 Å². The van der Waals surface area contributed by atoms with E-state index in [1.807, 2.05) is 55.5 Å². The lowest BCUT2D eigenvalue weighted by Gasteiger charge is -2.29. The molecule has 0 radical (unpaired) electrons. The first kappa shape index (κ1) is 18.7. The van der Waals surface area contributed by atoms with Crippen molar-refractivity contribution < 1.29 is 14.5 Å². The van der Waals surface area contributed by atoms with Gasteiger partial charge in [-0.3, -0.25) is 9.20 Å². The predicted octanol–water partition coefficient (Wildman–Crippen LogP) is -0.635. The van der Waals surface area contributed by atoms with Crippen molar-refractivity contribution in [3.8, 4) is 5.75 Å². The van der Waals surface area contributed by atoms with E-state index < -0.39 is 0 Å². The zero-order valence-corrected chi connectivity index (χ0v) is 16.4. The highest BCUT2D eigenvalue weighted by molar-refractivity contribution is 5.40. The summed E-state index contributed by atoms with van der Waals surface area (Å²) in [7, 11) is 0. The third kappa shape index (κ3) is 4.40. The van der Waals surface area contributed by atoms with Gasteiger partial charge in [-0.2, -0.15) is 0 Å². The number of aryl methyl sites for hydroxylation is 1. The van der Waals surface area contributed by atoms with Crippen molar-refractivity contribution in [2.75, 3.05) is 39.3 Å². The molecule has 0 spiro atoms. The van der Waals surface area contributed by atoms with Crippen LogP contribution in [0.5, 0.6) is 5.75 Å². The Kier molecular flexibility index (Phi) is 5.69. The number of para-hydroxylation sites is 1. The molecule has 0 amide bonds. The van der Waals surface area contributed by atoms with Gasteiger partial charge in [0, 0.05) is 11.8 Å². The summed E-state index contributed by atoms with van der Waals surface area (Å²) < 4.78 is 7.49. The summed E-state index contributed by atoms with van der Waals surface area (Å²) in [5.41, 5.74) is 2.56. The predicted molar refractivity (Wildman–Crippen MR) is 108 cm³/mol. The molecule has 0 aliphatic carbocycles. The molecule has 1 saturated heterocycles. The normalized spacial score (nSPS) is 19.6. The number of benzene rings is 1. The molecule has 0 bridgehead atoms. The zero-order valence-electron chi connectivity index (χ0n) is 16.4. The van der Waals surface area contributed by atoms with Gasteiger partial charge in [-0.05, 0) is 31.2 Å². The van der Waals surface area contributed by atoms with E-state index in [1.54, 1.807) is 15.4 Å². The molecule has 2 aromatic heterocycles. The molecule has 1 aliphatic heterocycles. The molecule has 146 valence electrons. The molecule has 6 nitrogen and oxygen atoms in total. The largest absolute Gasteiger partial charge is 0.488 e. The fraction of sp³-hybridized carbons (Fsp3) is 0.364. The second kappa shape index (κ2) is 8.54. The number of piperazine rings is 1. The molecule has 3 aromatic rings. The topological polar surface area (TPSA) is 52.5 Å². The van der Waals surface area contributed by atoms with Crippen molar-refractivity contribution in [2.45, 2.75) is 13.5 Å². The summed E-state index contributed by atoms with van der Waals surface area (Å²) in [6, 6.07) is 17.5. The number of quaternary nitrogens is 2. The summed E-state index contributed by atoms with van der Waals surface area (Å²) in [4.78, 5) is 20.2. The van der Waals surface area contributed by atoms with Crippen LogP contribution in [0.3, 0.4) is 0 Å². The van der Waals surface area contributed by atoms with E-state index in [-0.39, 0.29) is 5.56 Å². The Labute approximate surface area is 165 Å². The maximum atomic E-state index is 12.4. The minimum Gasteiger partial charge on any atom is -0.488 e. The lowest BCUT2D eigenvalue weighted by molar-refractivity contribution is -1.02. The van der Waals surface area contributed by atoms with Crippen LogP contribution < -0.4 is 20.1 Å². The maximum Gasteiger partial charge on any atom is 0.258 e. The van der Waals surface area contributed by atoms with E-state index in [4.69, 9.17) is 9.72 Å². The Morgan fingerprint density at radius 3 is 2.54 bits per heavy atom. The van der Waals surface area contributed by atoms with E-state index >= 15 is 0 Å². The average Bonchev–Trinajstić information content (AvgIpc) is 2.70. The van der Waals surface area contributed by atoms with Gasteiger partial charge in [-0.1, -0.05) is 24.3 Å². The quantitative estimate of drug-likeness (QED) is 0.599. The number of pyridine rings is 1. The highest BCUT2D eigenvalue weighted by Gasteiger charge is 2.23. The molecule has 1 fully saturated rings. The van der Waals surface area contributed by atoms with Gasteiger partial charge in [0.15, 0.2) is 0 Å². The number of hydrogen-bond donors (Lipinski definition) is 2. The van der Waals surface area contributed by atoms with Gasteiger partial charge in [0.1, 0.15) is 63.0 Å². The molecular formula is C22H28N4O2+2. The molecular weight excluding hydrogens is 352 g/mol. The fourth-order valence-corrected chi connectivity index (χ4v) is 3.92. The van der Waals surface area contributed by atoms with Crippen LogP contribution in [0.15, 0.2) is 59.4 Å². The van der Waals surface area contributed by atoms with Crippen LogP contribution in [0.2, 0.25) is 0 Å². The number of fused-ring (bicyclic) bond motifs is 1. The van der Waals surface area contributed by atoms with E-state index in [0.717, 1.165) is 68.7 Å². The van der Waals surface area contributed by atoms with Crippen molar-refractivity contribution in [1.29, 1.82) is 0 Å². The van der Waals surface area contributed by atoms with E-state index in [0.29, 0.717) is 0 Å². The molecule has 28 heavy (non-hydrogen) atoms. The minimum absolute atomic E-state index is 0.0137. The number of rotatable bonds is 6. The second-order valence-electron chi connectivity index (χ2n) is 7.53. The molecule has 3 heterocycles. The van der Waals surface area contributed by atoms with Gasteiger partial charge in [0.05, 0.1) is 0 Å². The van der Waals surface area contributed by atoms with Gasteiger partial charge < -0.3 is 14.5 Å². The van der Waals surface area contributed by atoms with Crippen LogP contribution in [0.1, 0.15) is 11.4 Å². The minimum atomic E-state index is 0.0137. The van der Waals surface area contributed by atoms with E-state index in [1.165, 1.54) is 4.90 Å². The Balaban J connectivity index is 1.29. The Morgan fingerprint density at radius 1 is 1.00 bits per heavy atom. The second-order valence-corrected chi connectivity index (χ2v) is 7.53. The van der Waals surface area contributed by atoms with Crippen LogP contribution in [0, 0.1) is 6.92 Å². The fourth-order valence-electron chi connectivity index (χ4n) is 3.92. The molecule has 1 aliphatic rings. The van der Waals surface area contributed by atoms with Crippen LogP contribution in [0.25, 0.3) is 5.65 Å². The zero-order chi connectivity index (χ0) is 19.3. The number of ether oxygens (including phenoxy) is 1. The highest BCUT2D eigenvalue weighted by Crippen LogP contribution is 2.07. The van der Waals surface area contributed by atoms with Gasteiger partial charge in [-0.25, -0.2) is 4.98 Å². The molecule has 1 aromatic carbocycles. The maximum absolute atomic E-state index is 12.4. The monoisotopic (exact) mass is 380 g/mol. The number of aromatic nitrogens is 2. The smallest absolute Gasteiger partial charge is 0.258 e. The van der Waals surface area contributed by atoms with Crippen LogP contribution >= 0.6 is 0 Å². The Morgan fingerprint density at radius 2 is 1.75 bits per heavy atom. The standard InChI is InChI=1S/C22H26N4O2/c1-18-6-5-9-21-23-19(16-22(27)26(18)21)17-25-12-10-24(11-13-25)14-15-28-20-7-3-2-4-8-20/h2-9,16H,10-15,17H2,1H3/p+2. The third-order valence-electron chi connectivity index (χ3n) is 5.50. The summed E-state index contributed by atoms with van der Waals surface area (Å²) in [6.45, 7) is 8.95. The molecule has 6 heteroatoms. The lowest BCUT2D eigenvalue weighted by Crippen LogP contribution is -3.27. The average molecular weight is 380 g/mol. The molecule has 0 atom stereocenters. The molecule has 2 N–H and O–H groups in total. The number of nitrogens with zero attached hydrogens (tertiary/aromatic N) is 2.